The van der Waals surface area contributed by atoms with Crippen LogP contribution in [-0.4, -0.2) is 48.4 Å². The first-order valence-electron chi connectivity index (χ1n) is 11.5. The molecule has 0 fully saturated rings. The summed E-state index contributed by atoms with van der Waals surface area (Å²) >= 11 is 0. The van der Waals surface area contributed by atoms with E-state index < -0.39 is 6.04 Å². The van der Waals surface area contributed by atoms with Crippen molar-refractivity contribution in [2.24, 2.45) is 5.73 Å². The molecule has 0 saturated carbocycles. The summed E-state index contributed by atoms with van der Waals surface area (Å²) in [7, 11) is 0. The fourth-order valence-electron chi connectivity index (χ4n) is 3.38. The zero-order valence-corrected chi connectivity index (χ0v) is 19.6. The summed E-state index contributed by atoms with van der Waals surface area (Å²) in [5, 5.41) is 19.0. The minimum atomic E-state index is -0.626. The maximum Gasteiger partial charge on any atom is 0.256 e. The SMILES string of the molecule is CCCNC1NC(NCCc2ccncc2)NC=C1C(=O)Nc1cccc(NC(=O)C(C)N)c1. The highest BCUT2D eigenvalue weighted by atomic mass is 16.2. The molecular formula is C24H34N8O2. The number of anilines is 2. The van der Waals surface area contributed by atoms with E-state index >= 15 is 0 Å². The maximum atomic E-state index is 13.1. The van der Waals surface area contributed by atoms with Gasteiger partial charge in [0.2, 0.25) is 5.91 Å². The molecule has 3 atom stereocenters. The average Bonchev–Trinajstić information content (AvgIpc) is 2.83. The van der Waals surface area contributed by atoms with Crippen molar-refractivity contribution in [3.8, 4) is 0 Å². The van der Waals surface area contributed by atoms with E-state index in [2.05, 4.69) is 43.8 Å². The minimum absolute atomic E-state index is 0.190. The lowest BCUT2D eigenvalue weighted by atomic mass is 10.1. The van der Waals surface area contributed by atoms with Crippen molar-refractivity contribution in [2.75, 3.05) is 23.7 Å². The molecule has 34 heavy (non-hydrogen) atoms. The Bertz CT molecular complexity index is 980. The first-order valence-corrected chi connectivity index (χ1v) is 11.5. The number of aromatic nitrogens is 1. The Morgan fingerprint density at radius 1 is 1.09 bits per heavy atom. The van der Waals surface area contributed by atoms with Gasteiger partial charge in [-0.1, -0.05) is 13.0 Å². The molecule has 0 aliphatic carbocycles. The van der Waals surface area contributed by atoms with E-state index in [1.165, 1.54) is 5.56 Å². The molecule has 1 aliphatic heterocycles. The van der Waals surface area contributed by atoms with Crippen molar-refractivity contribution in [3.63, 3.8) is 0 Å². The van der Waals surface area contributed by atoms with Crippen molar-refractivity contribution < 1.29 is 9.59 Å². The molecule has 182 valence electrons. The summed E-state index contributed by atoms with van der Waals surface area (Å²) < 4.78 is 0. The summed E-state index contributed by atoms with van der Waals surface area (Å²) in [6, 6.07) is 10.3. The van der Waals surface area contributed by atoms with Crippen molar-refractivity contribution >= 4 is 23.2 Å². The van der Waals surface area contributed by atoms with Crippen molar-refractivity contribution in [2.45, 2.75) is 45.2 Å². The smallest absolute Gasteiger partial charge is 0.256 e. The summed E-state index contributed by atoms with van der Waals surface area (Å²) in [5.74, 6) is -0.544. The van der Waals surface area contributed by atoms with Gasteiger partial charge in [-0.15, -0.1) is 0 Å². The van der Waals surface area contributed by atoms with Gasteiger partial charge in [0.15, 0.2) is 0 Å². The number of amides is 2. The quantitative estimate of drug-likeness (QED) is 0.258. The molecule has 3 rings (SSSR count). The number of hydrogen-bond donors (Lipinski definition) is 7. The Balaban J connectivity index is 1.60. The Hall–Kier alpha value is -3.31. The fraction of sp³-hybridized carbons (Fsp3) is 0.375. The van der Waals surface area contributed by atoms with E-state index in [-0.39, 0.29) is 24.3 Å². The summed E-state index contributed by atoms with van der Waals surface area (Å²) in [6.07, 6.45) is 6.57. The van der Waals surface area contributed by atoms with Crippen LogP contribution in [-0.2, 0) is 16.0 Å². The van der Waals surface area contributed by atoms with E-state index in [0.717, 1.165) is 25.9 Å². The second-order valence-electron chi connectivity index (χ2n) is 8.13. The number of carbonyl (C=O) groups is 2. The van der Waals surface area contributed by atoms with E-state index in [1.54, 1.807) is 49.8 Å². The van der Waals surface area contributed by atoms with Crippen LogP contribution >= 0.6 is 0 Å². The number of rotatable bonds is 11. The first-order chi connectivity index (χ1) is 16.5. The topological polar surface area (TPSA) is 145 Å². The van der Waals surface area contributed by atoms with E-state index in [9.17, 15) is 9.59 Å². The first kappa shape index (κ1) is 25.3. The zero-order chi connectivity index (χ0) is 24.3. The predicted molar refractivity (Wildman–Crippen MR) is 134 cm³/mol. The van der Waals surface area contributed by atoms with Gasteiger partial charge in [0, 0.05) is 36.5 Å². The highest BCUT2D eigenvalue weighted by Gasteiger charge is 2.27. The van der Waals surface area contributed by atoms with Crippen LogP contribution in [0.25, 0.3) is 0 Å². The standard InChI is InChI=1S/C24H34N8O2/c1-3-10-27-21-20(15-29-24(32-21)28-13-9-17-7-11-26-12-8-17)23(34)31-19-6-4-5-18(14-19)30-22(33)16(2)25/h4-8,11-12,14-16,21,24,27-29,32H,3,9-10,13,25H2,1-2H3,(H,30,33)(H,31,34). The second kappa shape index (κ2) is 12.8. The number of hydrogen-bond acceptors (Lipinski definition) is 8. The third-order valence-corrected chi connectivity index (χ3v) is 5.22. The number of nitrogens with zero attached hydrogens (tertiary/aromatic N) is 1. The lowest BCUT2D eigenvalue weighted by Gasteiger charge is -2.33. The second-order valence-corrected chi connectivity index (χ2v) is 8.13. The van der Waals surface area contributed by atoms with E-state index in [1.807, 2.05) is 12.1 Å². The maximum absolute atomic E-state index is 13.1. The number of carbonyl (C=O) groups excluding carboxylic acids is 2. The normalized spacial score (nSPS) is 18.4. The largest absolute Gasteiger partial charge is 0.363 e. The van der Waals surface area contributed by atoms with Gasteiger partial charge in [-0.2, -0.15) is 0 Å². The Kier molecular flexibility index (Phi) is 9.53. The molecule has 8 N–H and O–H groups in total. The van der Waals surface area contributed by atoms with Crippen LogP contribution in [0.2, 0.25) is 0 Å². The fourth-order valence-corrected chi connectivity index (χ4v) is 3.38. The Morgan fingerprint density at radius 3 is 2.53 bits per heavy atom. The molecule has 10 nitrogen and oxygen atoms in total. The molecule has 2 aromatic rings. The van der Waals surface area contributed by atoms with Gasteiger partial charge in [0.1, 0.15) is 6.29 Å². The summed E-state index contributed by atoms with van der Waals surface area (Å²) in [6.45, 7) is 5.19. The molecule has 1 aromatic heterocycles. The lowest BCUT2D eigenvalue weighted by Crippen LogP contribution is -2.63. The molecule has 2 heterocycles. The van der Waals surface area contributed by atoms with Crippen LogP contribution in [0.4, 0.5) is 11.4 Å². The molecule has 10 heteroatoms. The van der Waals surface area contributed by atoms with E-state index in [4.69, 9.17) is 5.73 Å². The number of benzene rings is 1. The lowest BCUT2D eigenvalue weighted by molar-refractivity contribution is -0.117. The van der Waals surface area contributed by atoms with Gasteiger partial charge >= 0.3 is 0 Å². The zero-order valence-electron chi connectivity index (χ0n) is 19.6. The van der Waals surface area contributed by atoms with Gasteiger partial charge in [0.25, 0.3) is 5.91 Å². The third-order valence-electron chi connectivity index (χ3n) is 5.22. The molecule has 1 aromatic carbocycles. The van der Waals surface area contributed by atoms with Gasteiger partial charge < -0.3 is 21.7 Å². The number of nitrogens with two attached hydrogens (primary N) is 1. The van der Waals surface area contributed by atoms with Gasteiger partial charge in [-0.05, 0) is 62.2 Å². The Labute approximate surface area is 200 Å². The van der Waals surface area contributed by atoms with Crippen LogP contribution in [0.1, 0.15) is 25.8 Å². The van der Waals surface area contributed by atoms with Crippen LogP contribution in [0.5, 0.6) is 0 Å². The molecule has 0 saturated heterocycles. The monoisotopic (exact) mass is 466 g/mol. The third kappa shape index (κ3) is 7.63. The van der Waals surface area contributed by atoms with E-state index in [0.29, 0.717) is 16.9 Å². The highest BCUT2D eigenvalue weighted by molar-refractivity contribution is 6.05. The van der Waals surface area contributed by atoms with Gasteiger partial charge in [-0.25, -0.2) is 0 Å². The van der Waals surface area contributed by atoms with Crippen LogP contribution in [0.3, 0.4) is 0 Å². The molecule has 1 aliphatic rings. The predicted octanol–water partition coefficient (Wildman–Crippen LogP) is 0.824. The number of pyridine rings is 1. The van der Waals surface area contributed by atoms with Gasteiger partial charge in [0.05, 0.1) is 17.8 Å². The number of nitrogens with one attached hydrogen (secondary N) is 6. The summed E-state index contributed by atoms with van der Waals surface area (Å²) in [4.78, 5) is 29.0. The molecule has 2 amide bonds. The van der Waals surface area contributed by atoms with Crippen LogP contribution < -0.4 is 37.6 Å². The summed E-state index contributed by atoms with van der Waals surface area (Å²) in [5.41, 5.74) is 8.48. The molecular weight excluding hydrogens is 432 g/mol. The van der Waals surface area contributed by atoms with Crippen LogP contribution in [0.15, 0.2) is 60.6 Å². The minimum Gasteiger partial charge on any atom is -0.363 e. The molecule has 0 bridgehead atoms. The van der Waals surface area contributed by atoms with Crippen LogP contribution in [0, 0.1) is 0 Å². The Morgan fingerprint density at radius 2 is 1.82 bits per heavy atom. The van der Waals surface area contributed by atoms with Gasteiger partial charge in [-0.3, -0.25) is 30.5 Å². The van der Waals surface area contributed by atoms with Crippen molar-refractivity contribution in [3.05, 3.63) is 66.1 Å². The highest BCUT2D eigenvalue weighted by Crippen LogP contribution is 2.17. The van der Waals surface area contributed by atoms with Crippen molar-refractivity contribution in [1.29, 1.82) is 0 Å². The average molecular weight is 467 g/mol. The molecule has 3 unspecified atom stereocenters. The molecule has 0 radical (unpaired) electrons. The molecule has 0 spiro atoms. The van der Waals surface area contributed by atoms with Crippen molar-refractivity contribution in [1.82, 2.24) is 26.3 Å².